The van der Waals surface area contributed by atoms with E-state index < -0.39 is 11.6 Å². The minimum atomic E-state index is -0.593. The summed E-state index contributed by atoms with van der Waals surface area (Å²) in [5.41, 5.74) is 6.45. The van der Waals surface area contributed by atoms with Gasteiger partial charge in [-0.15, -0.1) is 0 Å². The number of fused-ring (bicyclic) bond motifs is 4. The van der Waals surface area contributed by atoms with Crippen molar-refractivity contribution >= 4 is 34.6 Å². The van der Waals surface area contributed by atoms with Crippen LogP contribution >= 0.6 is 11.6 Å². The first-order chi connectivity index (χ1) is 18.5. The van der Waals surface area contributed by atoms with Crippen molar-refractivity contribution in [3.05, 3.63) is 105 Å². The second-order valence-electron chi connectivity index (χ2n) is 9.59. The van der Waals surface area contributed by atoms with Crippen LogP contribution in [0, 0.1) is 11.6 Å². The van der Waals surface area contributed by atoms with Crippen molar-refractivity contribution < 1.29 is 18.3 Å². The molecule has 4 heterocycles. The van der Waals surface area contributed by atoms with Crippen LogP contribution in [0.4, 0.5) is 13.6 Å². The first kappa shape index (κ1) is 24.7. The highest BCUT2D eigenvalue weighted by atomic mass is 35.5. The molecule has 38 heavy (non-hydrogen) atoms. The number of rotatable bonds is 5. The zero-order valence-corrected chi connectivity index (χ0v) is 21.3. The van der Waals surface area contributed by atoms with Crippen molar-refractivity contribution in [2.24, 2.45) is 0 Å². The average molecular weight is 535 g/mol. The van der Waals surface area contributed by atoms with Crippen molar-refractivity contribution in [1.82, 2.24) is 19.8 Å². The van der Waals surface area contributed by atoms with Crippen molar-refractivity contribution in [1.29, 1.82) is 0 Å². The van der Waals surface area contributed by atoms with Gasteiger partial charge in [-0.25, -0.2) is 18.6 Å². The lowest BCUT2D eigenvalue weighted by molar-refractivity contribution is 0.134. The SMILES string of the molecule is O=C(NCc1ccnc(Cl)c1)n1c2c(c3cc4c(cc31)COC4)CN(C/C=C/c1ccc(F)cc1F)CC2. The molecule has 9 heteroatoms. The Morgan fingerprint density at radius 3 is 2.79 bits per heavy atom. The minimum Gasteiger partial charge on any atom is -0.372 e. The number of amides is 1. The fraction of sp³-hybridized carbons (Fsp3) is 0.241. The van der Waals surface area contributed by atoms with Crippen LogP contribution in [0.1, 0.15) is 33.5 Å². The van der Waals surface area contributed by atoms with Crippen LogP contribution < -0.4 is 5.32 Å². The number of halogens is 3. The summed E-state index contributed by atoms with van der Waals surface area (Å²) in [6, 6.07) is 11.2. The Kier molecular flexibility index (Phi) is 6.69. The summed E-state index contributed by atoms with van der Waals surface area (Å²) in [6.45, 7) is 3.44. The van der Waals surface area contributed by atoms with Gasteiger partial charge in [-0.1, -0.05) is 23.8 Å². The highest BCUT2D eigenvalue weighted by molar-refractivity contribution is 6.29. The Morgan fingerprint density at radius 2 is 1.97 bits per heavy atom. The van der Waals surface area contributed by atoms with Crippen LogP contribution in [-0.4, -0.2) is 33.6 Å². The number of ether oxygens (including phenoxy) is 1. The lowest BCUT2D eigenvalue weighted by Gasteiger charge is -2.27. The molecule has 6 rings (SSSR count). The van der Waals surface area contributed by atoms with Gasteiger partial charge in [-0.2, -0.15) is 0 Å². The van der Waals surface area contributed by atoms with Gasteiger partial charge in [-0.3, -0.25) is 9.47 Å². The zero-order chi connectivity index (χ0) is 26.2. The summed E-state index contributed by atoms with van der Waals surface area (Å²) in [4.78, 5) is 19.8. The molecule has 0 unspecified atom stereocenters. The molecule has 0 fully saturated rings. The second kappa shape index (κ2) is 10.3. The number of hydrogen-bond acceptors (Lipinski definition) is 4. The summed E-state index contributed by atoms with van der Waals surface area (Å²) in [5.74, 6) is -1.17. The predicted octanol–water partition coefficient (Wildman–Crippen LogP) is 5.83. The number of pyridine rings is 1. The molecule has 0 radical (unpaired) electrons. The summed E-state index contributed by atoms with van der Waals surface area (Å²) >= 11 is 6.00. The molecule has 0 spiro atoms. The third-order valence-electron chi connectivity index (χ3n) is 7.13. The van der Waals surface area contributed by atoms with Crippen molar-refractivity contribution in [2.75, 3.05) is 13.1 Å². The van der Waals surface area contributed by atoms with Gasteiger partial charge in [0.1, 0.15) is 16.8 Å². The predicted molar refractivity (Wildman–Crippen MR) is 142 cm³/mol. The van der Waals surface area contributed by atoms with Gasteiger partial charge in [0.15, 0.2) is 0 Å². The van der Waals surface area contributed by atoms with Gasteiger partial charge < -0.3 is 10.1 Å². The lowest BCUT2D eigenvalue weighted by Crippen LogP contribution is -2.34. The van der Waals surface area contributed by atoms with E-state index in [2.05, 4.69) is 27.3 Å². The number of aromatic nitrogens is 2. The summed E-state index contributed by atoms with van der Waals surface area (Å²) in [7, 11) is 0. The van der Waals surface area contributed by atoms with Gasteiger partial charge >= 0.3 is 6.03 Å². The maximum atomic E-state index is 14.0. The molecule has 2 aliphatic rings. The molecule has 2 aromatic heterocycles. The Morgan fingerprint density at radius 1 is 1.13 bits per heavy atom. The van der Waals surface area contributed by atoms with Gasteiger partial charge in [-0.05, 0) is 58.7 Å². The average Bonchev–Trinajstić information content (AvgIpc) is 3.49. The summed E-state index contributed by atoms with van der Waals surface area (Å²) in [5, 5.41) is 4.46. The Bertz CT molecular complexity index is 1580. The third-order valence-corrected chi connectivity index (χ3v) is 7.33. The molecule has 1 N–H and O–H groups in total. The van der Waals surface area contributed by atoms with Crippen LogP contribution in [0.3, 0.4) is 0 Å². The monoisotopic (exact) mass is 534 g/mol. The van der Waals surface area contributed by atoms with Gasteiger partial charge in [0, 0.05) is 61.5 Å². The number of benzene rings is 2. The number of nitrogens with zero attached hydrogens (tertiary/aromatic N) is 3. The zero-order valence-electron chi connectivity index (χ0n) is 20.5. The van der Waals surface area contributed by atoms with Crippen LogP contribution in [0.15, 0.2) is 54.7 Å². The van der Waals surface area contributed by atoms with E-state index >= 15 is 0 Å². The lowest BCUT2D eigenvalue weighted by atomic mass is 10.0. The number of hydrogen-bond donors (Lipinski definition) is 1. The molecule has 0 saturated carbocycles. The Hall–Kier alpha value is -3.59. The Balaban J connectivity index is 1.27. The van der Waals surface area contributed by atoms with E-state index in [1.165, 1.54) is 12.1 Å². The van der Waals surface area contributed by atoms with Crippen LogP contribution in [0.2, 0.25) is 5.15 Å². The molecule has 0 atom stereocenters. The fourth-order valence-corrected chi connectivity index (χ4v) is 5.44. The standard InChI is InChI=1S/C29H25ClF2N4O2/c30-28-10-18(5-7-33-28)14-34-29(37)36-26-6-9-35(8-1-2-19-3-4-22(31)13-25(19)32)15-24(26)23-11-20-16-38-17-21(20)12-27(23)36/h1-5,7,10-13H,6,8-9,14-17H2,(H,34,37)/b2-1+. The van der Waals surface area contributed by atoms with E-state index in [1.807, 2.05) is 12.1 Å². The van der Waals surface area contributed by atoms with Crippen molar-refractivity contribution in [3.63, 3.8) is 0 Å². The van der Waals surface area contributed by atoms with Gasteiger partial charge in [0.25, 0.3) is 0 Å². The van der Waals surface area contributed by atoms with E-state index in [-0.39, 0.29) is 6.03 Å². The van der Waals surface area contributed by atoms with Crippen LogP contribution in [0.5, 0.6) is 0 Å². The van der Waals surface area contributed by atoms with Gasteiger partial charge in [0.2, 0.25) is 0 Å². The van der Waals surface area contributed by atoms with E-state index in [0.29, 0.717) is 50.0 Å². The molecule has 0 saturated heterocycles. The molecule has 194 valence electrons. The third kappa shape index (κ3) is 4.82. The molecule has 2 aromatic carbocycles. The quantitative estimate of drug-likeness (QED) is 0.327. The fourth-order valence-electron chi connectivity index (χ4n) is 5.25. The van der Waals surface area contributed by atoms with Crippen molar-refractivity contribution in [2.45, 2.75) is 32.7 Å². The first-order valence-electron chi connectivity index (χ1n) is 12.4. The minimum absolute atomic E-state index is 0.191. The summed E-state index contributed by atoms with van der Waals surface area (Å²) in [6.07, 6.45) is 5.88. The van der Waals surface area contributed by atoms with Crippen molar-refractivity contribution in [3.8, 4) is 0 Å². The smallest absolute Gasteiger partial charge is 0.326 e. The molecule has 0 bridgehead atoms. The van der Waals surface area contributed by atoms with E-state index in [0.717, 1.165) is 51.5 Å². The molecule has 6 nitrogen and oxygen atoms in total. The molecule has 0 aliphatic carbocycles. The van der Waals surface area contributed by atoms with Gasteiger partial charge in [0.05, 0.1) is 18.7 Å². The molecule has 4 aromatic rings. The normalized spacial score (nSPS) is 15.2. The summed E-state index contributed by atoms with van der Waals surface area (Å²) < 4.78 is 34.7. The van der Waals surface area contributed by atoms with E-state index in [4.69, 9.17) is 16.3 Å². The maximum Gasteiger partial charge on any atom is 0.326 e. The molecular weight excluding hydrogens is 510 g/mol. The maximum absolute atomic E-state index is 14.0. The highest BCUT2D eigenvalue weighted by Crippen LogP contribution is 2.35. The number of carbonyl (C=O) groups excluding carboxylic acids is 1. The Labute approximate surface area is 223 Å². The van der Waals surface area contributed by atoms with E-state index in [9.17, 15) is 13.6 Å². The number of nitrogens with one attached hydrogen (secondary N) is 1. The van der Waals surface area contributed by atoms with Crippen LogP contribution in [0.25, 0.3) is 17.0 Å². The second-order valence-corrected chi connectivity index (χ2v) is 9.98. The largest absolute Gasteiger partial charge is 0.372 e. The topological polar surface area (TPSA) is 59.4 Å². The van der Waals surface area contributed by atoms with E-state index in [1.54, 1.807) is 22.9 Å². The van der Waals surface area contributed by atoms with Crippen LogP contribution in [-0.2, 0) is 37.5 Å². The first-order valence-corrected chi connectivity index (χ1v) is 12.8. The molecular formula is C29H25ClF2N4O2. The molecule has 2 aliphatic heterocycles. The highest BCUT2D eigenvalue weighted by Gasteiger charge is 2.28. The number of carbonyl (C=O) groups is 1. The molecule has 1 amide bonds.